The van der Waals surface area contributed by atoms with Crippen molar-refractivity contribution in [1.29, 1.82) is 0 Å². The van der Waals surface area contributed by atoms with E-state index in [1.807, 2.05) is 13.1 Å². The molecule has 0 bridgehead atoms. The Morgan fingerprint density at radius 2 is 2.28 bits per heavy atom. The molecule has 0 saturated heterocycles. The average molecular weight is 251 g/mol. The summed E-state index contributed by atoms with van der Waals surface area (Å²) in [5, 5.41) is 3.30. The summed E-state index contributed by atoms with van der Waals surface area (Å²) >= 11 is 0. The highest BCUT2D eigenvalue weighted by atomic mass is 19.1. The first-order valence-electron chi connectivity index (χ1n) is 6.79. The van der Waals surface area contributed by atoms with Gasteiger partial charge in [0.25, 0.3) is 0 Å². The van der Waals surface area contributed by atoms with Gasteiger partial charge in [-0.2, -0.15) is 0 Å². The smallest absolute Gasteiger partial charge is 0.127 e. The Labute approximate surface area is 109 Å². The molecule has 0 spiro atoms. The molecule has 0 aromatic heterocycles. The van der Waals surface area contributed by atoms with E-state index in [-0.39, 0.29) is 18.0 Å². The Morgan fingerprint density at radius 1 is 1.50 bits per heavy atom. The first kappa shape index (κ1) is 13.3. The van der Waals surface area contributed by atoms with Crippen molar-refractivity contribution in [3.8, 4) is 5.75 Å². The number of ether oxygens (including phenoxy) is 1. The Bertz CT molecular complexity index is 407. The summed E-state index contributed by atoms with van der Waals surface area (Å²) in [5.41, 5.74) is 1.07. The van der Waals surface area contributed by atoms with Crippen LogP contribution in [-0.2, 0) is 0 Å². The lowest BCUT2D eigenvalue weighted by molar-refractivity contribution is 0.0964. The summed E-state index contributed by atoms with van der Waals surface area (Å²) in [7, 11) is 1.95. The van der Waals surface area contributed by atoms with Crippen LogP contribution in [0.1, 0.15) is 44.7 Å². The van der Waals surface area contributed by atoms with Gasteiger partial charge in [0.05, 0.1) is 0 Å². The molecule has 0 radical (unpaired) electrons. The molecule has 2 nitrogen and oxygen atoms in total. The number of nitrogens with one attached hydrogen (secondary N) is 1. The molecule has 18 heavy (non-hydrogen) atoms. The molecule has 3 heteroatoms. The van der Waals surface area contributed by atoms with Crippen LogP contribution in [0.25, 0.3) is 0 Å². The van der Waals surface area contributed by atoms with E-state index in [9.17, 15) is 4.39 Å². The van der Waals surface area contributed by atoms with Crippen molar-refractivity contribution >= 4 is 0 Å². The predicted octanol–water partition coefficient (Wildman–Crippen LogP) is 3.67. The number of benzene rings is 1. The van der Waals surface area contributed by atoms with Crippen molar-refractivity contribution in [2.45, 2.75) is 45.3 Å². The molecule has 0 aliphatic carbocycles. The Kier molecular flexibility index (Phi) is 4.23. The molecule has 2 rings (SSSR count). The predicted molar refractivity (Wildman–Crippen MR) is 71.3 cm³/mol. The number of hydrogen-bond acceptors (Lipinski definition) is 2. The van der Waals surface area contributed by atoms with Crippen molar-refractivity contribution < 1.29 is 9.13 Å². The van der Waals surface area contributed by atoms with E-state index in [0.717, 1.165) is 24.8 Å². The van der Waals surface area contributed by atoms with Crippen LogP contribution in [0, 0.1) is 11.7 Å². The molecule has 1 heterocycles. The average Bonchev–Trinajstić information content (AvgIpc) is 2.37. The SMILES string of the molecule is CCCC(C)C1CC(NC)c2ccc(F)cc2O1. The largest absolute Gasteiger partial charge is 0.490 e. The van der Waals surface area contributed by atoms with E-state index in [1.165, 1.54) is 12.1 Å². The van der Waals surface area contributed by atoms with Crippen LogP contribution in [0.5, 0.6) is 5.75 Å². The summed E-state index contributed by atoms with van der Waals surface area (Å²) < 4.78 is 19.3. The highest BCUT2D eigenvalue weighted by Gasteiger charge is 2.30. The van der Waals surface area contributed by atoms with Gasteiger partial charge in [0.2, 0.25) is 0 Å². The van der Waals surface area contributed by atoms with Crippen LogP contribution in [0.15, 0.2) is 18.2 Å². The fraction of sp³-hybridized carbons (Fsp3) is 0.600. The van der Waals surface area contributed by atoms with Gasteiger partial charge in [0.15, 0.2) is 0 Å². The maximum atomic E-state index is 13.3. The van der Waals surface area contributed by atoms with Crippen molar-refractivity contribution in [1.82, 2.24) is 5.32 Å². The summed E-state index contributed by atoms with van der Waals surface area (Å²) in [4.78, 5) is 0. The lowest BCUT2D eigenvalue weighted by atomic mass is 9.88. The van der Waals surface area contributed by atoms with E-state index < -0.39 is 0 Å². The standard InChI is InChI=1S/C15H22FNO/c1-4-5-10(2)14-9-13(17-3)12-7-6-11(16)8-15(12)18-14/h6-8,10,13-14,17H,4-5,9H2,1-3H3. The normalized spacial score (nSPS) is 24.2. The van der Waals surface area contributed by atoms with Crippen molar-refractivity contribution in [2.24, 2.45) is 5.92 Å². The van der Waals surface area contributed by atoms with Crippen molar-refractivity contribution in [2.75, 3.05) is 7.05 Å². The monoisotopic (exact) mass is 251 g/mol. The molecule has 100 valence electrons. The summed E-state index contributed by atoms with van der Waals surface area (Å²) in [6.07, 6.45) is 3.43. The molecule has 1 N–H and O–H groups in total. The Morgan fingerprint density at radius 3 is 2.94 bits per heavy atom. The third-order valence-corrected chi connectivity index (χ3v) is 3.82. The minimum absolute atomic E-state index is 0.177. The molecule has 1 aliphatic heterocycles. The number of hydrogen-bond donors (Lipinski definition) is 1. The van der Waals surface area contributed by atoms with Gasteiger partial charge in [-0.05, 0) is 25.5 Å². The third kappa shape index (κ3) is 2.66. The summed E-state index contributed by atoms with van der Waals surface area (Å²) in [5.74, 6) is 0.975. The second-order valence-corrected chi connectivity index (χ2v) is 5.18. The summed E-state index contributed by atoms with van der Waals surface area (Å²) in [6, 6.07) is 5.10. The maximum Gasteiger partial charge on any atom is 0.127 e. The van der Waals surface area contributed by atoms with Gasteiger partial charge < -0.3 is 10.1 Å². The van der Waals surface area contributed by atoms with Crippen LogP contribution >= 0.6 is 0 Å². The number of rotatable bonds is 4. The van der Waals surface area contributed by atoms with Gasteiger partial charge in [-0.25, -0.2) is 4.39 Å². The molecule has 0 saturated carbocycles. The molecule has 1 aromatic rings. The fourth-order valence-electron chi connectivity index (χ4n) is 2.73. The maximum absolute atomic E-state index is 13.3. The topological polar surface area (TPSA) is 21.3 Å². The molecule has 0 amide bonds. The summed E-state index contributed by atoms with van der Waals surface area (Å²) in [6.45, 7) is 4.40. The third-order valence-electron chi connectivity index (χ3n) is 3.82. The van der Waals surface area contributed by atoms with Crippen molar-refractivity contribution in [3.63, 3.8) is 0 Å². The molecular weight excluding hydrogens is 229 g/mol. The second kappa shape index (κ2) is 5.70. The van der Waals surface area contributed by atoms with Gasteiger partial charge in [-0.3, -0.25) is 0 Å². The fourth-order valence-corrected chi connectivity index (χ4v) is 2.73. The van der Waals surface area contributed by atoms with E-state index in [0.29, 0.717) is 11.7 Å². The molecular formula is C15H22FNO. The molecule has 1 aromatic carbocycles. The van der Waals surface area contributed by atoms with E-state index in [2.05, 4.69) is 19.2 Å². The molecule has 1 aliphatic rings. The Balaban J connectivity index is 2.23. The van der Waals surface area contributed by atoms with E-state index in [1.54, 1.807) is 0 Å². The van der Waals surface area contributed by atoms with Crippen LogP contribution in [0.4, 0.5) is 4.39 Å². The molecule has 0 fully saturated rings. The number of halogens is 1. The van der Waals surface area contributed by atoms with Crippen LogP contribution in [0.2, 0.25) is 0 Å². The van der Waals surface area contributed by atoms with E-state index in [4.69, 9.17) is 4.74 Å². The van der Waals surface area contributed by atoms with Crippen molar-refractivity contribution in [3.05, 3.63) is 29.6 Å². The lowest BCUT2D eigenvalue weighted by Crippen LogP contribution is -2.35. The first-order chi connectivity index (χ1) is 8.65. The second-order valence-electron chi connectivity index (χ2n) is 5.18. The minimum atomic E-state index is -0.229. The van der Waals surface area contributed by atoms with Crippen LogP contribution in [0.3, 0.4) is 0 Å². The number of fused-ring (bicyclic) bond motifs is 1. The first-order valence-corrected chi connectivity index (χ1v) is 6.79. The van der Waals surface area contributed by atoms with Gasteiger partial charge in [-0.1, -0.05) is 26.3 Å². The van der Waals surface area contributed by atoms with Gasteiger partial charge in [0, 0.05) is 24.1 Å². The van der Waals surface area contributed by atoms with Gasteiger partial charge >= 0.3 is 0 Å². The lowest BCUT2D eigenvalue weighted by Gasteiger charge is -2.35. The molecule has 3 unspecified atom stereocenters. The highest BCUT2D eigenvalue weighted by Crippen LogP contribution is 2.37. The van der Waals surface area contributed by atoms with Gasteiger partial charge in [0.1, 0.15) is 17.7 Å². The van der Waals surface area contributed by atoms with E-state index >= 15 is 0 Å². The molecule has 3 atom stereocenters. The zero-order valence-electron chi connectivity index (χ0n) is 11.4. The van der Waals surface area contributed by atoms with Crippen LogP contribution < -0.4 is 10.1 Å². The van der Waals surface area contributed by atoms with Gasteiger partial charge in [-0.15, -0.1) is 0 Å². The quantitative estimate of drug-likeness (QED) is 0.881. The highest BCUT2D eigenvalue weighted by molar-refractivity contribution is 5.38. The zero-order valence-corrected chi connectivity index (χ0v) is 11.4. The minimum Gasteiger partial charge on any atom is -0.490 e. The van der Waals surface area contributed by atoms with Crippen LogP contribution in [-0.4, -0.2) is 13.2 Å². The zero-order chi connectivity index (χ0) is 13.1. The Hall–Kier alpha value is -1.09.